The molecule has 0 aromatic heterocycles. The van der Waals surface area contributed by atoms with Crippen LogP contribution in [-0.2, 0) is 0 Å². The zero-order valence-electron chi connectivity index (χ0n) is 6.45. The van der Waals surface area contributed by atoms with Crippen molar-refractivity contribution >= 4 is 7.69 Å². The lowest BCUT2D eigenvalue weighted by Crippen LogP contribution is -2.00. The summed E-state index contributed by atoms with van der Waals surface area (Å²) in [6, 6.07) is 3.80. The summed E-state index contributed by atoms with van der Waals surface area (Å²) in [5.41, 5.74) is 0. The first-order valence-electron chi connectivity index (χ1n) is 3.23. The minimum absolute atomic E-state index is 0.189. The molecule has 3 nitrogen and oxygen atoms in total. The molecule has 5 heteroatoms. The van der Waals surface area contributed by atoms with Gasteiger partial charge in [-0.15, -0.1) is 0 Å². The molecule has 0 bridgehead atoms. The van der Waals surface area contributed by atoms with Crippen molar-refractivity contribution in [3.8, 4) is 11.5 Å². The molecule has 0 aliphatic heterocycles. The number of halogens is 1. The van der Waals surface area contributed by atoms with Crippen LogP contribution in [0.15, 0.2) is 18.2 Å². The predicted octanol–water partition coefficient (Wildman–Crippen LogP) is 0.740. The Balaban J connectivity index is 2.90. The Bertz CT molecular complexity index is 267. The first kappa shape index (κ1) is 8.87. The van der Waals surface area contributed by atoms with Crippen LogP contribution in [0.25, 0.3) is 0 Å². The molecule has 12 heavy (non-hydrogen) atoms. The van der Waals surface area contributed by atoms with E-state index in [1.807, 2.05) is 0 Å². The molecule has 0 aliphatic carbocycles. The predicted molar refractivity (Wildman–Crippen MR) is 41.6 cm³/mol. The summed E-state index contributed by atoms with van der Waals surface area (Å²) < 4.78 is 22.0. The Morgan fingerprint density at radius 3 is 2.58 bits per heavy atom. The molecule has 0 atom stereocenters. The van der Waals surface area contributed by atoms with Gasteiger partial charge in [-0.1, -0.05) is 0 Å². The van der Waals surface area contributed by atoms with Crippen LogP contribution in [0.2, 0.25) is 0 Å². The Kier molecular flexibility index (Phi) is 2.93. The minimum Gasteiger partial charge on any atom is -0.537 e. The lowest BCUT2D eigenvalue weighted by atomic mass is 10.3. The SMILES string of the molecule is COc1cc(F)cc(O[B]O)c1. The number of methoxy groups -OCH3 is 1. The summed E-state index contributed by atoms with van der Waals surface area (Å²) >= 11 is 0. The Morgan fingerprint density at radius 2 is 2.00 bits per heavy atom. The molecule has 0 fully saturated rings. The summed E-state index contributed by atoms with van der Waals surface area (Å²) in [5.74, 6) is 0.0485. The van der Waals surface area contributed by atoms with Crippen molar-refractivity contribution in [3.05, 3.63) is 24.0 Å². The molecule has 1 aromatic rings. The highest BCUT2D eigenvalue weighted by molar-refractivity contribution is 6.17. The molecule has 0 aliphatic rings. The fourth-order valence-electron chi connectivity index (χ4n) is 0.784. The van der Waals surface area contributed by atoms with Gasteiger partial charge in [-0.05, 0) is 0 Å². The smallest absolute Gasteiger partial charge is 0.537 e. The van der Waals surface area contributed by atoms with E-state index < -0.39 is 5.82 Å². The van der Waals surface area contributed by atoms with E-state index in [0.29, 0.717) is 13.4 Å². The fraction of sp³-hybridized carbons (Fsp3) is 0.143. The van der Waals surface area contributed by atoms with Gasteiger partial charge in [-0.25, -0.2) is 4.39 Å². The lowest BCUT2D eigenvalue weighted by Gasteiger charge is -2.04. The molecule has 1 N–H and O–H groups in total. The van der Waals surface area contributed by atoms with E-state index in [1.165, 1.54) is 19.2 Å². The van der Waals surface area contributed by atoms with Gasteiger partial charge in [0.1, 0.15) is 17.3 Å². The van der Waals surface area contributed by atoms with Crippen LogP contribution in [0, 0.1) is 5.82 Å². The quantitative estimate of drug-likeness (QED) is 0.678. The Hall–Kier alpha value is -1.23. The number of benzene rings is 1. The highest BCUT2D eigenvalue weighted by Crippen LogP contribution is 2.21. The third-order valence-electron chi connectivity index (χ3n) is 1.27. The van der Waals surface area contributed by atoms with E-state index in [2.05, 4.69) is 4.65 Å². The second-order valence-corrected chi connectivity index (χ2v) is 2.05. The normalized spacial score (nSPS) is 9.25. The zero-order valence-corrected chi connectivity index (χ0v) is 6.45. The second-order valence-electron chi connectivity index (χ2n) is 2.05. The standard InChI is InChI=1S/C7H7BFO3/c1-11-6-2-5(9)3-7(4-6)12-8-10/h2-4,10H,1H3. The van der Waals surface area contributed by atoms with Gasteiger partial charge in [0.2, 0.25) is 0 Å². The fourth-order valence-corrected chi connectivity index (χ4v) is 0.784. The van der Waals surface area contributed by atoms with E-state index in [-0.39, 0.29) is 5.75 Å². The summed E-state index contributed by atoms with van der Waals surface area (Å²) in [6.07, 6.45) is 0. The Morgan fingerprint density at radius 1 is 1.33 bits per heavy atom. The largest absolute Gasteiger partial charge is 0.569 e. The van der Waals surface area contributed by atoms with Gasteiger partial charge in [0, 0.05) is 18.2 Å². The number of hydrogen-bond acceptors (Lipinski definition) is 3. The highest BCUT2D eigenvalue weighted by Gasteiger charge is 2.01. The van der Waals surface area contributed by atoms with Crippen molar-refractivity contribution < 1.29 is 18.8 Å². The van der Waals surface area contributed by atoms with Crippen molar-refractivity contribution in [1.82, 2.24) is 0 Å². The topological polar surface area (TPSA) is 38.7 Å². The van der Waals surface area contributed by atoms with Crippen LogP contribution >= 0.6 is 0 Å². The van der Waals surface area contributed by atoms with Crippen LogP contribution in [0.4, 0.5) is 4.39 Å². The number of rotatable bonds is 3. The second kappa shape index (κ2) is 3.97. The molecule has 1 radical (unpaired) electrons. The first-order valence-corrected chi connectivity index (χ1v) is 3.23. The average molecular weight is 169 g/mol. The molecule has 1 rings (SSSR count). The van der Waals surface area contributed by atoms with E-state index in [1.54, 1.807) is 0 Å². The van der Waals surface area contributed by atoms with Gasteiger partial charge in [0.25, 0.3) is 0 Å². The van der Waals surface area contributed by atoms with Crippen LogP contribution < -0.4 is 9.39 Å². The van der Waals surface area contributed by atoms with Crippen molar-refractivity contribution in [2.24, 2.45) is 0 Å². The van der Waals surface area contributed by atoms with Crippen LogP contribution in [0.1, 0.15) is 0 Å². The van der Waals surface area contributed by atoms with Gasteiger partial charge in [-0.2, -0.15) is 0 Å². The third kappa shape index (κ3) is 2.13. The molecule has 1 aromatic carbocycles. The lowest BCUT2D eigenvalue weighted by molar-refractivity contribution is 0.404. The van der Waals surface area contributed by atoms with E-state index >= 15 is 0 Å². The maximum Gasteiger partial charge on any atom is 0.569 e. The molecule has 0 saturated carbocycles. The van der Waals surface area contributed by atoms with Gasteiger partial charge in [0.05, 0.1) is 7.11 Å². The number of ether oxygens (including phenoxy) is 1. The molecule has 0 amide bonds. The van der Waals surface area contributed by atoms with Crippen LogP contribution in [0.3, 0.4) is 0 Å². The maximum atomic E-state index is 12.7. The summed E-state index contributed by atoms with van der Waals surface area (Å²) in [5, 5.41) is 8.26. The number of hydrogen-bond donors (Lipinski definition) is 1. The molecule has 0 saturated heterocycles. The van der Waals surface area contributed by atoms with Crippen molar-refractivity contribution in [2.75, 3.05) is 7.11 Å². The van der Waals surface area contributed by atoms with Crippen LogP contribution in [0.5, 0.6) is 11.5 Å². The Labute approximate surface area is 70.0 Å². The van der Waals surface area contributed by atoms with E-state index in [4.69, 9.17) is 9.76 Å². The molecular weight excluding hydrogens is 162 g/mol. The maximum absolute atomic E-state index is 12.7. The van der Waals surface area contributed by atoms with Gasteiger partial charge in [0.15, 0.2) is 0 Å². The van der Waals surface area contributed by atoms with E-state index in [0.717, 1.165) is 6.07 Å². The van der Waals surface area contributed by atoms with E-state index in [9.17, 15) is 4.39 Å². The molecular formula is C7H7BFO3. The average Bonchev–Trinajstić information content (AvgIpc) is 2.04. The van der Waals surface area contributed by atoms with Gasteiger partial charge >= 0.3 is 7.69 Å². The summed E-state index contributed by atoms with van der Waals surface area (Å²) in [7, 11) is 1.90. The summed E-state index contributed by atoms with van der Waals surface area (Å²) in [4.78, 5) is 0. The van der Waals surface area contributed by atoms with Gasteiger partial charge in [-0.3, -0.25) is 0 Å². The third-order valence-corrected chi connectivity index (χ3v) is 1.27. The van der Waals surface area contributed by atoms with Crippen molar-refractivity contribution in [3.63, 3.8) is 0 Å². The zero-order chi connectivity index (χ0) is 8.97. The van der Waals surface area contributed by atoms with Crippen molar-refractivity contribution in [1.29, 1.82) is 0 Å². The monoisotopic (exact) mass is 169 g/mol. The van der Waals surface area contributed by atoms with Gasteiger partial charge < -0.3 is 14.4 Å². The highest BCUT2D eigenvalue weighted by atomic mass is 19.1. The molecule has 0 heterocycles. The van der Waals surface area contributed by atoms with Crippen molar-refractivity contribution in [2.45, 2.75) is 0 Å². The van der Waals surface area contributed by atoms with Crippen LogP contribution in [-0.4, -0.2) is 19.8 Å². The molecule has 63 valence electrons. The molecule has 0 spiro atoms. The minimum atomic E-state index is -0.480. The first-order chi connectivity index (χ1) is 5.76. The summed E-state index contributed by atoms with van der Waals surface area (Å²) in [6.45, 7) is 0. The molecule has 0 unspecified atom stereocenters.